The van der Waals surface area contributed by atoms with E-state index in [1.807, 2.05) is 4.90 Å². The summed E-state index contributed by atoms with van der Waals surface area (Å²) in [4.78, 5) is 15.5. The molecule has 3 nitrogen and oxygen atoms in total. The van der Waals surface area contributed by atoms with E-state index in [0.717, 1.165) is 26.2 Å². The first-order chi connectivity index (χ1) is 7.31. The van der Waals surface area contributed by atoms with Gasteiger partial charge in [0.1, 0.15) is 0 Å². The van der Waals surface area contributed by atoms with Crippen LogP contribution in [0.5, 0.6) is 0 Å². The van der Waals surface area contributed by atoms with Crippen LogP contribution in [0.2, 0.25) is 0 Å². The minimum atomic E-state index is 0.0424. The third-order valence-corrected chi connectivity index (χ3v) is 3.51. The molecule has 1 amide bonds. The summed E-state index contributed by atoms with van der Waals surface area (Å²) in [5, 5.41) is 3.37. The zero-order valence-electron chi connectivity index (χ0n) is 8.56. The molecule has 0 aliphatic carbocycles. The Morgan fingerprint density at radius 2 is 2.13 bits per heavy atom. The summed E-state index contributed by atoms with van der Waals surface area (Å²) >= 11 is 1.75. The number of piperazine rings is 1. The Morgan fingerprint density at radius 1 is 1.40 bits per heavy atom. The first-order valence-electron chi connectivity index (χ1n) is 5.01. The Labute approximate surface area is 93.6 Å². The third kappa shape index (κ3) is 2.21. The van der Waals surface area contributed by atoms with Crippen LogP contribution in [0.1, 0.15) is 0 Å². The summed E-state index contributed by atoms with van der Waals surface area (Å²) in [7, 11) is 0. The zero-order chi connectivity index (χ0) is 10.7. The van der Waals surface area contributed by atoms with Crippen molar-refractivity contribution in [3.8, 4) is 0 Å². The lowest BCUT2D eigenvalue weighted by Crippen LogP contribution is -2.48. The van der Waals surface area contributed by atoms with Gasteiger partial charge in [-0.3, -0.25) is 4.79 Å². The number of hydrogen-bond donors (Lipinski definition) is 0. The number of carbonyl (C=O) groups is 1. The molecular weight excluding hydrogens is 208 g/mol. The van der Waals surface area contributed by atoms with E-state index in [2.05, 4.69) is 29.0 Å². The molecule has 0 N–H and O–H groups in total. The van der Waals surface area contributed by atoms with Crippen molar-refractivity contribution in [1.29, 1.82) is 0 Å². The lowest BCUT2D eigenvalue weighted by Gasteiger charge is -2.34. The molecule has 1 fully saturated rings. The average molecular weight is 222 g/mol. The van der Waals surface area contributed by atoms with Gasteiger partial charge in [-0.1, -0.05) is 6.58 Å². The minimum Gasteiger partial charge on any atom is -0.360 e. The highest BCUT2D eigenvalue weighted by Crippen LogP contribution is 2.22. The predicted molar refractivity (Wildman–Crippen MR) is 63.3 cm³/mol. The molecule has 15 heavy (non-hydrogen) atoms. The molecule has 2 rings (SSSR count). The lowest BCUT2D eigenvalue weighted by atomic mass is 10.3. The van der Waals surface area contributed by atoms with Crippen molar-refractivity contribution in [2.75, 3.05) is 31.1 Å². The summed E-state index contributed by atoms with van der Waals surface area (Å²) in [6.07, 6.45) is 1.39. The van der Waals surface area contributed by atoms with Gasteiger partial charge in [0.15, 0.2) is 0 Å². The number of rotatable bonds is 2. The van der Waals surface area contributed by atoms with Crippen LogP contribution in [0, 0.1) is 0 Å². The molecule has 0 aromatic carbocycles. The summed E-state index contributed by atoms with van der Waals surface area (Å²) in [6, 6.07) is 4.18. The maximum atomic E-state index is 11.4. The number of nitrogens with zero attached hydrogens (tertiary/aromatic N) is 2. The molecule has 1 aromatic rings. The van der Waals surface area contributed by atoms with Gasteiger partial charge in [0.2, 0.25) is 5.91 Å². The molecule has 1 aliphatic heterocycles. The SMILES string of the molecule is C=CC(=O)N1CCN(c2cccs2)CC1. The van der Waals surface area contributed by atoms with Crippen LogP contribution in [0.4, 0.5) is 5.00 Å². The quantitative estimate of drug-likeness (QED) is 0.709. The Balaban J connectivity index is 1.92. The average Bonchev–Trinajstić information content (AvgIpc) is 2.82. The van der Waals surface area contributed by atoms with Gasteiger partial charge in [-0.25, -0.2) is 0 Å². The van der Waals surface area contributed by atoms with Crippen LogP contribution in [0.15, 0.2) is 30.2 Å². The molecular formula is C11H14N2OS. The Hall–Kier alpha value is -1.29. The van der Waals surface area contributed by atoms with Crippen LogP contribution in [-0.4, -0.2) is 37.0 Å². The molecule has 1 aliphatic rings. The summed E-state index contributed by atoms with van der Waals surface area (Å²) < 4.78 is 0. The Bertz CT molecular complexity index is 339. The van der Waals surface area contributed by atoms with E-state index in [1.165, 1.54) is 11.1 Å². The van der Waals surface area contributed by atoms with Crippen molar-refractivity contribution in [2.24, 2.45) is 0 Å². The molecule has 2 heterocycles. The van der Waals surface area contributed by atoms with E-state index in [0.29, 0.717) is 0 Å². The van der Waals surface area contributed by atoms with Gasteiger partial charge in [-0.2, -0.15) is 0 Å². The van der Waals surface area contributed by atoms with Crippen molar-refractivity contribution in [1.82, 2.24) is 4.90 Å². The van der Waals surface area contributed by atoms with Crippen molar-refractivity contribution in [2.45, 2.75) is 0 Å². The molecule has 0 unspecified atom stereocenters. The van der Waals surface area contributed by atoms with E-state index in [9.17, 15) is 4.79 Å². The Kier molecular flexibility index (Phi) is 3.06. The standard InChI is InChI=1S/C11H14N2OS/c1-2-10(14)12-5-7-13(8-6-12)11-4-3-9-15-11/h2-4,9H,1,5-8H2. The molecule has 1 aromatic heterocycles. The second kappa shape index (κ2) is 4.49. The van der Waals surface area contributed by atoms with E-state index < -0.39 is 0 Å². The van der Waals surface area contributed by atoms with Crippen LogP contribution in [0.25, 0.3) is 0 Å². The summed E-state index contributed by atoms with van der Waals surface area (Å²) in [5.41, 5.74) is 0. The van der Waals surface area contributed by atoms with Crippen molar-refractivity contribution in [3.63, 3.8) is 0 Å². The molecule has 0 bridgehead atoms. The van der Waals surface area contributed by atoms with Gasteiger partial charge < -0.3 is 9.80 Å². The van der Waals surface area contributed by atoms with Crippen LogP contribution >= 0.6 is 11.3 Å². The van der Waals surface area contributed by atoms with E-state index in [-0.39, 0.29) is 5.91 Å². The number of carbonyl (C=O) groups excluding carboxylic acids is 1. The largest absolute Gasteiger partial charge is 0.360 e. The minimum absolute atomic E-state index is 0.0424. The van der Waals surface area contributed by atoms with Crippen molar-refractivity contribution in [3.05, 3.63) is 30.2 Å². The molecule has 80 valence electrons. The van der Waals surface area contributed by atoms with E-state index in [1.54, 1.807) is 11.3 Å². The molecule has 0 saturated carbocycles. The number of hydrogen-bond acceptors (Lipinski definition) is 3. The maximum absolute atomic E-state index is 11.4. The fourth-order valence-electron chi connectivity index (χ4n) is 1.73. The van der Waals surface area contributed by atoms with Gasteiger partial charge >= 0.3 is 0 Å². The highest BCUT2D eigenvalue weighted by atomic mass is 32.1. The highest BCUT2D eigenvalue weighted by Gasteiger charge is 2.19. The smallest absolute Gasteiger partial charge is 0.246 e. The number of anilines is 1. The fraction of sp³-hybridized carbons (Fsp3) is 0.364. The van der Waals surface area contributed by atoms with E-state index >= 15 is 0 Å². The first kappa shape index (κ1) is 10.2. The monoisotopic (exact) mass is 222 g/mol. The number of amides is 1. The Morgan fingerprint density at radius 3 is 2.67 bits per heavy atom. The maximum Gasteiger partial charge on any atom is 0.246 e. The molecule has 4 heteroatoms. The summed E-state index contributed by atoms with van der Waals surface area (Å²) in [6.45, 7) is 6.92. The molecule has 1 saturated heterocycles. The van der Waals surface area contributed by atoms with Gasteiger partial charge in [0.25, 0.3) is 0 Å². The first-order valence-corrected chi connectivity index (χ1v) is 5.89. The predicted octanol–water partition coefficient (Wildman–Crippen LogP) is 1.58. The molecule has 0 radical (unpaired) electrons. The van der Waals surface area contributed by atoms with Gasteiger partial charge in [0.05, 0.1) is 5.00 Å². The van der Waals surface area contributed by atoms with Gasteiger partial charge in [-0.15, -0.1) is 11.3 Å². The van der Waals surface area contributed by atoms with Gasteiger partial charge in [0, 0.05) is 26.2 Å². The van der Waals surface area contributed by atoms with Crippen molar-refractivity contribution >= 4 is 22.2 Å². The fourth-order valence-corrected chi connectivity index (χ4v) is 2.51. The highest BCUT2D eigenvalue weighted by molar-refractivity contribution is 7.14. The second-order valence-electron chi connectivity index (χ2n) is 3.47. The molecule has 0 spiro atoms. The third-order valence-electron chi connectivity index (χ3n) is 2.58. The van der Waals surface area contributed by atoms with Gasteiger partial charge in [-0.05, 0) is 23.6 Å². The van der Waals surface area contributed by atoms with Crippen LogP contribution in [-0.2, 0) is 4.79 Å². The second-order valence-corrected chi connectivity index (χ2v) is 4.39. The van der Waals surface area contributed by atoms with Crippen LogP contribution in [0.3, 0.4) is 0 Å². The summed E-state index contributed by atoms with van der Waals surface area (Å²) in [5.74, 6) is 0.0424. The van der Waals surface area contributed by atoms with Crippen LogP contribution < -0.4 is 4.90 Å². The number of thiophene rings is 1. The zero-order valence-corrected chi connectivity index (χ0v) is 9.37. The van der Waals surface area contributed by atoms with Crippen molar-refractivity contribution < 1.29 is 4.79 Å². The normalized spacial score (nSPS) is 16.5. The topological polar surface area (TPSA) is 23.6 Å². The lowest BCUT2D eigenvalue weighted by molar-refractivity contribution is -0.126. The van der Waals surface area contributed by atoms with E-state index in [4.69, 9.17) is 0 Å². The molecule has 0 atom stereocenters.